The minimum Gasteiger partial charge on any atom is -0.375 e. The molecule has 0 aliphatic carbocycles. The molecule has 0 spiro atoms. The lowest BCUT2D eigenvalue weighted by Gasteiger charge is -2.15. The lowest BCUT2D eigenvalue weighted by atomic mass is 10.3. The molecule has 1 aromatic carbocycles. The number of hydrogen-bond acceptors (Lipinski definition) is 4. The van der Waals surface area contributed by atoms with E-state index in [4.69, 9.17) is 5.73 Å². The summed E-state index contributed by atoms with van der Waals surface area (Å²) in [6, 6.07) is 5.66. The summed E-state index contributed by atoms with van der Waals surface area (Å²) in [5.41, 5.74) is 6.35. The Hall–Kier alpha value is -1.95. The summed E-state index contributed by atoms with van der Waals surface area (Å²) in [5.74, 6) is -0.614. The van der Waals surface area contributed by atoms with Crippen molar-refractivity contribution in [3.63, 3.8) is 0 Å². The van der Waals surface area contributed by atoms with Crippen LogP contribution in [0.5, 0.6) is 0 Å². The van der Waals surface area contributed by atoms with Gasteiger partial charge in [-0.3, -0.25) is 4.79 Å². The van der Waals surface area contributed by atoms with Gasteiger partial charge in [0.15, 0.2) is 5.13 Å². The van der Waals surface area contributed by atoms with Gasteiger partial charge in [-0.1, -0.05) is 0 Å². The van der Waals surface area contributed by atoms with E-state index in [0.29, 0.717) is 16.5 Å². The summed E-state index contributed by atoms with van der Waals surface area (Å²) in [5, 5.41) is 1.94. The fourth-order valence-electron chi connectivity index (χ4n) is 1.34. The van der Waals surface area contributed by atoms with E-state index in [-0.39, 0.29) is 11.7 Å². The molecule has 0 unspecified atom stereocenters. The topological polar surface area (TPSA) is 59.2 Å². The van der Waals surface area contributed by atoms with Crippen LogP contribution in [0.25, 0.3) is 0 Å². The van der Waals surface area contributed by atoms with E-state index >= 15 is 0 Å². The van der Waals surface area contributed by atoms with E-state index in [1.54, 1.807) is 12.4 Å². The Labute approximate surface area is 102 Å². The Morgan fingerprint density at radius 1 is 1.41 bits per heavy atom. The summed E-state index contributed by atoms with van der Waals surface area (Å²) >= 11 is 1.21. The molecule has 0 aliphatic heterocycles. The van der Waals surface area contributed by atoms with E-state index in [1.807, 2.05) is 0 Å². The average molecular weight is 251 g/mol. The zero-order valence-corrected chi connectivity index (χ0v) is 9.87. The molecule has 0 fully saturated rings. The number of rotatable bonds is 2. The minimum atomic E-state index is -0.340. The van der Waals surface area contributed by atoms with E-state index in [9.17, 15) is 9.18 Å². The van der Waals surface area contributed by atoms with Crippen molar-refractivity contribution in [1.29, 1.82) is 0 Å². The highest BCUT2D eigenvalue weighted by atomic mass is 32.1. The highest BCUT2D eigenvalue weighted by Crippen LogP contribution is 2.18. The number of carbonyl (C=O) groups excluding carboxylic acids is 1. The van der Waals surface area contributed by atoms with Crippen molar-refractivity contribution >= 4 is 28.1 Å². The van der Waals surface area contributed by atoms with E-state index in [1.165, 1.54) is 40.5 Å². The lowest BCUT2D eigenvalue weighted by molar-refractivity contribution is 0.0989. The van der Waals surface area contributed by atoms with Gasteiger partial charge in [-0.25, -0.2) is 9.37 Å². The van der Waals surface area contributed by atoms with Crippen molar-refractivity contribution in [1.82, 2.24) is 4.98 Å². The van der Waals surface area contributed by atoms with Crippen molar-refractivity contribution in [3.8, 4) is 0 Å². The Kier molecular flexibility index (Phi) is 3.06. The first-order valence-electron chi connectivity index (χ1n) is 4.82. The SMILES string of the molecule is CN(C(=O)c1csc(N)n1)c1ccc(F)cc1. The molecule has 17 heavy (non-hydrogen) atoms. The first kappa shape index (κ1) is 11.5. The number of thiazole rings is 1. The number of halogens is 1. The predicted octanol–water partition coefficient (Wildman–Crippen LogP) is 2.14. The van der Waals surface area contributed by atoms with Crippen LogP contribution < -0.4 is 10.6 Å². The number of nitrogen functional groups attached to an aromatic ring is 1. The molecule has 88 valence electrons. The number of amides is 1. The number of hydrogen-bond donors (Lipinski definition) is 1. The number of aromatic nitrogens is 1. The number of benzene rings is 1. The Balaban J connectivity index is 2.23. The van der Waals surface area contributed by atoms with Crippen LogP contribution in [-0.4, -0.2) is 17.9 Å². The van der Waals surface area contributed by atoms with Gasteiger partial charge >= 0.3 is 0 Å². The second-order valence-electron chi connectivity index (χ2n) is 3.41. The molecule has 0 saturated heterocycles. The highest BCUT2D eigenvalue weighted by Gasteiger charge is 2.16. The maximum Gasteiger partial charge on any atom is 0.277 e. The van der Waals surface area contributed by atoms with Gasteiger partial charge in [-0.05, 0) is 24.3 Å². The van der Waals surface area contributed by atoms with Crippen LogP contribution >= 0.6 is 11.3 Å². The molecule has 6 heteroatoms. The summed E-state index contributed by atoms with van der Waals surface area (Å²) < 4.78 is 12.7. The smallest absolute Gasteiger partial charge is 0.277 e. The maximum absolute atomic E-state index is 12.7. The molecular weight excluding hydrogens is 241 g/mol. The molecule has 2 rings (SSSR count). The van der Waals surface area contributed by atoms with Crippen LogP contribution in [0.15, 0.2) is 29.6 Å². The van der Waals surface area contributed by atoms with E-state index in [2.05, 4.69) is 4.98 Å². The number of carbonyl (C=O) groups is 1. The van der Waals surface area contributed by atoms with Gasteiger partial charge in [0.25, 0.3) is 5.91 Å². The number of nitrogens with two attached hydrogens (primary N) is 1. The van der Waals surface area contributed by atoms with Crippen molar-refractivity contribution in [3.05, 3.63) is 41.2 Å². The molecule has 4 nitrogen and oxygen atoms in total. The molecule has 0 radical (unpaired) electrons. The zero-order valence-electron chi connectivity index (χ0n) is 9.05. The third-order valence-electron chi connectivity index (χ3n) is 2.26. The van der Waals surface area contributed by atoms with E-state index < -0.39 is 0 Å². The van der Waals surface area contributed by atoms with Crippen molar-refractivity contribution in [2.75, 3.05) is 17.7 Å². The molecule has 0 saturated carbocycles. The maximum atomic E-state index is 12.7. The van der Waals surface area contributed by atoms with Crippen LogP contribution in [0.4, 0.5) is 15.2 Å². The largest absolute Gasteiger partial charge is 0.375 e. The molecule has 2 aromatic rings. The molecular formula is C11H10FN3OS. The summed E-state index contributed by atoms with van der Waals surface area (Å²) in [7, 11) is 1.60. The summed E-state index contributed by atoms with van der Waals surface area (Å²) in [6.07, 6.45) is 0. The zero-order chi connectivity index (χ0) is 12.4. The van der Waals surface area contributed by atoms with Crippen molar-refractivity contribution in [2.45, 2.75) is 0 Å². The number of nitrogens with zero attached hydrogens (tertiary/aromatic N) is 2. The molecule has 1 amide bonds. The van der Waals surface area contributed by atoms with Gasteiger partial charge in [0, 0.05) is 18.1 Å². The second-order valence-corrected chi connectivity index (χ2v) is 4.30. The van der Waals surface area contributed by atoms with Gasteiger partial charge in [-0.15, -0.1) is 11.3 Å². The van der Waals surface area contributed by atoms with Gasteiger partial charge in [0.05, 0.1) is 0 Å². The first-order chi connectivity index (χ1) is 8.08. The first-order valence-corrected chi connectivity index (χ1v) is 5.70. The molecule has 1 aromatic heterocycles. The van der Waals surface area contributed by atoms with E-state index in [0.717, 1.165) is 0 Å². The Morgan fingerprint density at radius 2 is 2.06 bits per heavy atom. The minimum absolute atomic E-state index is 0.274. The fourth-order valence-corrected chi connectivity index (χ4v) is 1.88. The lowest BCUT2D eigenvalue weighted by Crippen LogP contribution is -2.26. The highest BCUT2D eigenvalue weighted by molar-refractivity contribution is 7.13. The second kappa shape index (κ2) is 4.50. The van der Waals surface area contributed by atoms with Gasteiger partial charge in [0.2, 0.25) is 0 Å². The van der Waals surface area contributed by atoms with Crippen LogP contribution in [0.3, 0.4) is 0 Å². The monoisotopic (exact) mass is 251 g/mol. The summed E-state index contributed by atoms with van der Waals surface area (Å²) in [6.45, 7) is 0. The average Bonchev–Trinajstić information content (AvgIpc) is 2.75. The molecule has 0 bridgehead atoms. The van der Waals surface area contributed by atoms with Crippen molar-refractivity contribution < 1.29 is 9.18 Å². The predicted molar refractivity (Wildman–Crippen MR) is 65.7 cm³/mol. The van der Waals surface area contributed by atoms with Crippen LogP contribution in [-0.2, 0) is 0 Å². The van der Waals surface area contributed by atoms with Gasteiger partial charge < -0.3 is 10.6 Å². The summed E-state index contributed by atoms with van der Waals surface area (Å²) in [4.78, 5) is 17.3. The molecule has 2 N–H and O–H groups in total. The van der Waals surface area contributed by atoms with Crippen LogP contribution in [0, 0.1) is 5.82 Å². The standard InChI is InChI=1S/C11H10FN3OS/c1-15(8-4-2-7(12)3-5-8)10(16)9-6-17-11(13)14-9/h2-6H,1H3,(H2,13,14). The third-order valence-corrected chi connectivity index (χ3v) is 2.93. The van der Waals surface area contributed by atoms with Crippen LogP contribution in [0.1, 0.15) is 10.5 Å². The third kappa shape index (κ3) is 2.42. The molecule has 0 atom stereocenters. The van der Waals surface area contributed by atoms with Gasteiger partial charge in [-0.2, -0.15) is 0 Å². The molecule has 1 heterocycles. The Morgan fingerprint density at radius 3 is 2.59 bits per heavy atom. The fraction of sp³-hybridized carbons (Fsp3) is 0.0909. The quantitative estimate of drug-likeness (QED) is 0.889. The van der Waals surface area contributed by atoms with Gasteiger partial charge in [0.1, 0.15) is 11.5 Å². The Bertz CT molecular complexity index is 538. The normalized spacial score (nSPS) is 10.2. The van der Waals surface area contributed by atoms with Crippen LogP contribution in [0.2, 0.25) is 0 Å². The van der Waals surface area contributed by atoms with Crippen molar-refractivity contribution in [2.24, 2.45) is 0 Å². The number of anilines is 2. The molecule has 0 aliphatic rings.